The van der Waals surface area contributed by atoms with Crippen LogP contribution in [0.25, 0.3) is 0 Å². The molecule has 23 heavy (non-hydrogen) atoms. The fourth-order valence-electron chi connectivity index (χ4n) is 2.59. The summed E-state index contributed by atoms with van der Waals surface area (Å²) in [5, 5.41) is 8.19. The fourth-order valence-corrected chi connectivity index (χ4v) is 3.38. The van der Waals surface area contributed by atoms with Crippen molar-refractivity contribution < 1.29 is 9.26 Å². The average Bonchev–Trinajstić information content (AvgIpc) is 3.14. The van der Waals surface area contributed by atoms with Gasteiger partial charge in [0.25, 0.3) is 0 Å². The van der Waals surface area contributed by atoms with Crippen LogP contribution in [0, 0.1) is 12.8 Å². The Morgan fingerprint density at radius 1 is 1.22 bits per heavy atom. The van der Waals surface area contributed by atoms with Crippen LogP contribution in [-0.2, 0) is 10.2 Å². The quantitative estimate of drug-likeness (QED) is 0.917. The number of ether oxygens (including phenoxy) is 1. The van der Waals surface area contributed by atoms with E-state index >= 15 is 0 Å². The molecule has 0 aromatic carbocycles. The predicted octanol–water partition coefficient (Wildman–Crippen LogP) is 3.11. The zero-order chi connectivity index (χ0) is 16.4. The lowest BCUT2D eigenvalue weighted by Gasteiger charge is -2.28. The molecule has 8 heteroatoms. The maximum absolute atomic E-state index is 5.47. The zero-order valence-electron chi connectivity index (χ0n) is 14.0. The molecule has 0 radical (unpaired) electrons. The molecular weight excluding hydrogens is 314 g/mol. The lowest BCUT2D eigenvalue weighted by Crippen LogP contribution is -2.27. The van der Waals surface area contributed by atoms with Crippen molar-refractivity contribution in [3.05, 3.63) is 17.5 Å². The highest BCUT2D eigenvalue weighted by molar-refractivity contribution is 7.09. The van der Waals surface area contributed by atoms with Gasteiger partial charge < -0.3 is 14.6 Å². The summed E-state index contributed by atoms with van der Waals surface area (Å²) in [6.45, 7) is 9.68. The Hall–Kier alpha value is -1.54. The van der Waals surface area contributed by atoms with Crippen molar-refractivity contribution in [2.24, 2.45) is 5.92 Å². The number of nitrogens with zero attached hydrogens (tertiary/aromatic N) is 4. The van der Waals surface area contributed by atoms with E-state index in [9.17, 15) is 0 Å². The Morgan fingerprint density at radius 3 is 2.52 bits per heavy atom. The van der Waals surface area contributed by atoms with Gasteiger partial charge in [0, 0.05) is 30.2 Å². The summed E-state index contributed by atoms with van der Waals surface area (Å²) in [7, 11) is 0. The van der Waals surface area contributed by atoms with Gasteiger partial charge in [0.15, 0.2) is 5.82 Å². The number of aryl methyl sites for hydroxylation is 1. The second-order valence-corrected chi connectivity index (χ2v) is 7.68. The minimum absolute atomic E-state index is 0.0548. The van der Waals surface area contributed by atoms with E-state index in [-0.39, 0.29) is 11.5 Å². The number of hydrogen-bond donors (Lipinski definition) is 1. The molecule has 0 spiro atoms. The molecule has 1 fully saturated rings. The van der Waals surface area contributed by atoms with Crippen molar-refractivity contribution in [1.29, 1.82) is 0 Å². The molecule has 1 aliphatic rings. The van der Waals surface area contributed by atoms with Crippen LogP contribution in [0.1, 0.15) is 57.2 Å². The summed E-state index contributed by atoms with van der Waals surface area (Å²) in [4.78, 5) is 9.04. The monoisotopic (exact) mass is 337 g/mol. The Balaban J connectivity index is 1.82. The molecule has 1 atom stereocenters. The van der Waals surface area contributed by atoms with Crippen molar-refractivity contribution >= 4 is 16.7 Å². The van der Waals surface area contributed by atoms with E-state index in [2.05, 4.69) is 45.6 Å². The minimum Gasteiger partial charge on any atom is -0.381 e. The lowest BCUT2D eigenvalue weighted by atomic mass is 9.91. The Kier molecular flexibility index (Phi) is 4.63. The summed E-state index contributed by atoms with van der Waals surface area (Å²) in [5.41, 5.74) is -0.0638. The largest absolute Gasteiger partial charge is 0.381 e. The normalized spacial score (nSPS) is 18.1. The standard InChI is InChI=1S/C15H23N5O2S/c1-9-16-12(22-19-9)11(10-5-7-21-8-6-10)17-14-18-13(20-23-14)15(2,3)4/h10-11H,5-8H2,1-4H3,(H,17,18,20)/t11-/m0/s1. The van der Waals surface area contributed by atoms with Gasteiger partial charge in [0.05, 0.1) is 0 Å². The molecule has 0 saturated carbocycles. The Labute approximate surface area is 140 Å². The van der Waals surface area contributed by atoms with Crippen LogP contribution >= 0.6 is 11.5 Å². The van der Waals surface area contributed by atoms with Crippen molar-refractivity contribution in [1.82, 2.24) is 19.5 Å². The average molecular weight is 337 g/mol. The third-order valence-electron chi connectivity index (χ3n) is 3.92. The van der Waals surface area contributed by atoms with Crippen molar-refractivity contribution in [2.45, 2.75) is 52.0 Å². The van der Waals surface area contributed by atoms with Crippen LogP contribution < -0.4 is 5.32 Å². The zero-order valence-corrected chi connectivity index (χ0v) is 14.8. The first-order chi connectivity index (χ1) is 10.9. The van der Waals surface area contributed by atoms with Gasteiger partial charge >= 0.3 is 0 Å². The topological polar surface area (TPSA) is 86.0 Å². The molecule has 3 rings (SSSR count). The Morgan fingerprint density at radius 2 is 1.96 bits per heavy atom. The van der Waals surface area contributed by atoms with E-state index in [0.717, 1.165) is 37.0 Å². The molecule has 0 bridgehead atoms. The number of anilines is 1. The van der Waals surface area contributed by atoms with Crippen LogP contribution in [0.15, 0.2) is 4.52 Å². The molecule has 0 amide bonds. The molecule has 1 saturated heterocycles. The summed E-state index contributed by atoms with van der Waals surface area (Å²) in [6, 6.07) is -0.0548. The van der Waals surface area contributed by atoms with Gasteiger partial charge in [-0.25, -0.2) is 4.98 Å². The van der Waals surface area contributed by atoms with Gasteiger partial charge in [-0.15, -0.1) is 0 Å². The van der Waals surface area contributed by atoms with E-state index in [1.807, 2.05) is 6.92 Å². The summed E-state index contributed by atoms with van der Waals surface area (Å²) < 4.78 is 15.3. The Bertz CT molecular complexity index is 642. The van der Waals surface area contributed by atoms with Crippen LogP contribution in [-0.4, -0.2) is 32.7 Å². The molecule has 7 nitrogen and oxygen atoms in total. The summed E-state index contributed by atoms with van der Waals surface area (Å²) >= 11 is 1.38. The second-order valence-electron chi connectivity index (χ2n) is 6.92. The molecule has 3 heterocycles. The maximum Gasteiger partial charge on any atom is 0.249 e. The highest BCUT2D eigenvalue weighted by atomic mass is 32.1. The molecule has 1 aliphatic heterocycles. The molecule has 0 aliphatic carbocycles. The highest BCUT2D eigenvalue weighted by Crippen LogP contribution is 2.33. The lowest BCUT2D eigenvalue weighted by molar-refractivity contribution is 0.0571. The van der Waals surface area contributed by atoms with Crippen LogP contribution in [0.3, 0.4) is 0 Å². The fraction of sp³-hybridized carbons (Fsp3) is 0.733. The summed E-state index contributed by atoms with van der Waals surface area (Å²) in [6.07, 6.45) is 1.92. The molecule has 1 N–H and O–H groups in total. The minimum atomic E-state index is -0.0638. The van der Waals surface area contributed by atoms with Gasteiger partial charge in [-0.1, -0.05) is 25.9 Å². The van der Waals surface area contributed by atoms with E-state index in [4.69, 9.17) is 9.26 Å². The highest BCUT2D eigenvalue weighted by Gasteiger charge is 2.31. The smallest absolute Gasteiger partial charge is 0.249 e. The maximum atomic E-state index is 5.47. The predicted molar refractivity (Wildman–Crippen MR) is 87.6 cm³/mol. The third-order valence-corrected chi connectivity index (χ3v) is 4.57. The van der Waals surface area contributed by atoms with Crippen LogP contribution in [0.2, 0.25) is 0 Å². The SMILES string of the molecule is Cc1noc([C@@H](Nc2nc(C(C)(C)C)ns2)C2CCOCC2)n1. The number of nitrogens with one attached hydrogen (secondary N) is 1. The van der Waals surface area contributed by atoms with Crippen LogP contribution in [0.5, 0.6) is 0 Å². The second kappa shape index (κ2) is 6.52. The van der Waals surface area contributed by atoms with Crippen molar-refractivity contribution in [3.63, 3.8) is 0 Å². The van der Waals surface area contributed by atoms with Gasteiger partial charge in [0.2, 0.25) is 11.0 Å². The summed E-state index contributed by atoms with van der Waals surface area (Å²) in [5.74, 6) is 2.48. The van der Waals surface area contributed by atoms with Crippen molar-refractivity contribution in [3.8, 4) is 0 Å². The van der Waals surface area contributed by atoms with E-state index in [0.29, 0.717) is 17.6 Å². The first kappa shape index (κ1) is 16.3. The van der Waals surface area contributed by atoms with E-state index < -0.39 is 0 Å². The molecular formula is C15H23N5O2S. The number of hydrogen-bond acceptors (Lipinski definition) is 8. The molecule has 126 valence electrons. The molecule has 2 aromatic rings. The molecule has 0 unspecified atom stereocenters. The first-order valence-corrected chi connectivity index (χ1v) is 8.69. The van der Waals surface area contributed by atoms with Gasteiger partial charge in [-0.05, 0) is 25.7 Å². The van der Waals surface area contributed by atoms with Gasteiger partial charge in [-0.3, -0.25) is 0 Å². The van der Waals surface area contributed by atoms with E-state index in [1.54, 1.807) is 0 Å². The van der Waals surface area contributed by atoms with Gasteiger partial charge in [0.1, 0.15) is 11.9 Å². The van der Waals surface area contributed by atoms with E-state index in [1.165, 1.54) is 11.5 Å². The number of rotatable bonds is 4. The van der Waals surface area contributed by atoms with Crippen molar-refractivity contribution in [2.75, 3.05) is 18.5 Å². The molecule has 2 aromatic heterocycles. The number of aromatic nitrogens is 4. The first-order valence-electron chi connectivity index (χ1n) is 7.92. The van der Waals surface area contributed by atoms with Crippen LogP contribution in [0.4, 0.5) is 5.13 Å². The van der Waals surface area contributed by atoms with Gasteiger partial charge in [-0.2, -0.15) is 9.36 Å². The third kappa shape index (κ3) is 3.87.